The Labute approximate surface area is 141 Å². The second-order valence-electron chi connectivity index (χ2n) is 5.76. The largest absolute Gasteiger partial charge is 0.473 e. The van der Waals surface area contributed by atoms with Crippen molar-refractivity contribution in [1.82, 2.24) is 14.3 Å². The van der Waals surface area contributed by atoms with Crippen LogP contribution >= 0.6 is 22.9 Å². The third kappa shape index (κ3) is 3.15. The molecule has 0 aliphatic heterocycles. The van der Waals surface area contributed by atoms with E-state index in [1.54, 1.807) is 11.3 Å². The molecule has 1 aliphatic carbocycles. The van der Waals surface area contributed by atoms with Crippen LogP contribution in [0.3, 0.4) is 0 Å². The van der Waals surface area contributed by atoms with Gasteiger partial charge in [0.2, 0.25) is 11.8 Å². The van der Waals surface area contributed by atoms with Crippen LogP contribution in [0.25, 0.3) is 10.2 Å². The second-order valence-corrected chi connectivity index (χ2v) is 7.48. The first-order chi connectivity index (χ1) is 11.2. The lowest BCUT2D eigenvalue weighted by Crippen LogP contribution is -2.19. The van der Waals surface area contributed by atoms with E-state index in [-0.39, 0.29) is 12.1 Å². The Hall–Kier alpha value is -1.77. The van der Waals surface area contributed by atoms with E-state index in [1.165, 1.54) is 11.5 Å². The third-order valence-electron chi connectivity index (χ3n) is 3.84. The number of nitrogens with zero attached hydrogens (tertiary/aromatic N) is 3. The van der Waals surface area contributed by atoms with Crippen LogP contribution in [0, 0.1) is 6.92 Å². The first kappa shape index (κ1) is 14.8. The topological polar surface area (TPSA) is 86.0 Å². The maximum absolute atomic E-state index is 6.13. The van der Waals surface area contributed by atoms with Crippen molar-refractivity contribution in [2.45, 2.75) is 38.3 Å². The van der Waals surface area contributed by atoms with E-state index in [2.05, 4.69) is 19.7 Å². The maximum atomic E-state index is 6.13. The van der Waals surface area contributed by atoms with E-state index in [1.807, 2.05) is 24.4 Å². The molecule has 0 saturated heterocycles. The van der Waals surface area contributed by atoms with Crippen molar-refractivity contribution in [2.75, 3.05) is 5.32 Å². The summed E-state index contributed by atoms with van der Waals surface area (Å²) in [5, 5.41) is 6.14. The van der Waals surface area contributed by atoms with Crippen molar-refractivity contribution >= 4 is 44.0 Å². The molecule has 0 amide bonds. The summed E-state index contributed by atoms with van der Waals surface area (Å²) < 4.78 is 11.4. The van der Waals surface area contributed by atoms with Gasteiger partial charge in [-0.15, -0.1) is 11.3 Å². The molecule has 120 valence electrons. The highest BCUT2D eigenvalue weighted by atomic mass is 32.1. The third-order valence-corrected chi connectivity index (χ3v) is 5.53. The van der Waals surface area contributed by atoms with E-state index in [4.69, 9.17) is 10.5 Å². The number of aryl methyl sites for hydroxylation is 1. The molecule has 6 nitrogen and oxygen atoms in total. The molecule has 4 rings (SSSR count). The van der Waals surface area contributed by atoms with Crippen LogP contribution in [-0.4, -0.2) is 26.5 Å². The standard InChI is InChI=1S/C15H17N5OS2/c1-8-6-12(23-20-8)18-15-17-11-4-5-22-13(11)14(19-15)21-10-3-2-9(16)7-10/h4-6,9-10H,2-3,7,16H2,1H3,(H,17,18,19). The van der Waals surface area contributed by atoms with Crippen LogP contribution in [-0.2, 0) is 0 Å². The smallest absolute Gasteiger partial charge is 0.236 e. The molecule has 1 fully saturated rings. The van der Waals surface area contributed by atoms with Gasteiger partial charge in [-0.3, -0.25) is 0 Å². The number of nitrogens with two attached hydrogens (primary N) is 1. The van der Waals surface area contributed by atoms with Crippen LogP contribution in [0.15, 0.2) is 17.5 Å². The van der Waals surface area contributed by atoms with Crippen molar-refractivity contribution in [2.24, 2.45) is 5.73 Å². The monoisotopic (exact) mass is 347 g/mol. The minimum Gasteiger partial charge on any atom is -0.473 e. The quantitative estimate of drug-likeness (QED) is 0.752. The first-order valence-corrected chi connectivity index (χ1v) is 9.20. The summed E-state index contributed by atoms with van der Waals surface area (Å²) in [6.45, 7) is 1.96. The summed E-state index contributed by atoms with van der Waals surface area (Å²) >= 11 is 2.99. The van der Waals surface area contributed by atoms with Crippen molar-refractivity contribution in [1.29, 1.82) is 0 Å². The first-order valence-electron chi connectivity index (χ1n) is 7.55. The van der Waals surface area contributed by atoms with Crippen LogP contribution in [0.4, 0.5) is 10.9 Å². The Balaban J connectivity index is 1.64. The number of hydrogen-bond acceptors (Lipinski definition) is 8. The minimum atomic E-state index is 0.142. The fourth-order valence-electron chi connectivity index (χ4n) is 2.74. The van der Waals surface area contributed by atoms with Gasteiger partial charge in [0.15, 0.2) is 0 Å². The maximum Gasteiger partial charge on any atom is 0.236 e. The average molecular weight is 347 g/mol. The predicted octanol–water partition coefficient (Wildman–Crippen LogP) is 3.46. The number of hydrogen-bond donors (Lipinski definition) is 2. The van der Waals surface area contributed by atoms with Gasteiger partial charge in [-0.2, -0.15) is 9.36 Å². The summed E-state index contributed by atoms with van der Waals surface area (Å²) in [6, 6.07) is 4.19. The van der Waals surface area contributed by atoms with Gasteiger partial charge in [0.25, 0.3) is 0 Å². The Morgan fingerprint density at radius 1 is 1.35 bits per heavy atom. The Kier molecular flexibility index (Phi) is 3.88. The van der Waals surface area contributed by atoms with E-state index in [0.29, 0.717) is 11.8 Å². The van der Waals surface area contributed by atoms with Crippen molar-refractivity contribution < 1.29 is 4.74 Å². The molecule has 8 heteroatoms. The number of ether oxygens (including phenoxy) is 1. The molecular weight excluding hydrogens is 330 g/mol. The Morgan fingerprint density at radius 2 is 2.26 bits per heavy atom. The van der Waals surface area contributed by atoms with Crippen molar-refractivity contribution in [3.63, 3.8) is 0 Å². The van der Waals surface area contributed by atoms with Gasteiger partial charge in [-0.25, -0.2) is 4.98 Å². The molecule has 3 aromatic heterocycles. The van der Waals surface area contributed by atoms with Crippen LogP contribution < -0.4 is 15.8 Å². The molecule has 3 N–H and O–H groups in total. The highest BCUT2D eigenvalue weighted by Crippen LogP contribution is 2.33. The number of nitrogens with one attached hydrogen (secondary N) is 1. The zero-order valence-electron chi connectivity index (χ0n) is 12.7. The van der Waals surface area contributed by atoms with Crippen LogP contribution in [0.1, 0.15) is 25.0 Å². The molecular formula is C15H17N5OS2. The molecule has 23 heavy (non-hydrogen) atoms. The SMILES string of the molecule is Cc1cc(Nc2nc(OC3CCC(N)C3)c3sccc3n2)sn1. The molecule has 3 aromatic rings. The molecule has 3 heterocycles. The normalized spacial score (nSPS) is 21.0. The van der Waals surface area contributed by atoms with Crippen molar-refractivity contribution in [3.05, 3.63) is 23.2 Å². The molecule has 0 aromatic carbocycles. The molecule has 1 saturated carbocycles. The second kappa shape index (κ2) is 6.03. The van der Waals surface area contributed by atoms with Gasteiger partial charge in [-0.1, -0.05) is 0 Å². The molecule has 0 bridgehead atoms. The Bertz CT molecular complexity index is 830. The van der Waals surface area contributed by atoms with E-state index in [0.717, 1.165) is 40.2 Å². The highest BCUT2D eigenvalue weighted by Gasteiger charge is 2.25. The summed E-state index contributed by atoms with van der Waals surface area (Å²) in [5.41, 5.74) is 7.85. The van der Waals surface area contributed by atoms with Gasteiger partial charge >= 0.3 is 0 Å². The lowest BCUT2D eigenvalue weighted by atomic mass is 10.3. The fraction of sp³-hybridized carbons (Fsp3) is 0.400. The van der Waals surface area contributed by atoms with Crippen LogP contribution in [0.2, 0.25) is 0 Å². The van der Waals surface area contributed by atoms with E-state index in [9.17, 15) is 0 Å². The molecule has 0 spiro atoms. The van der Waals surface area contributed by atoms with Crippen LogP contribution in [0.5, 0.6) is 5.88 Å². The van der Waals surface area contributed by atoms with Gasteiger partial charge in [0, 0.05) is 6.04 Å². The molecule has 2 atom stereocenters. The van der Waals surface area contributed by atoms with E-state index < -0.39 is 0 Å². The lowest BCUT2D eigenvalue weighted by Gasteiger charge is -2.14. The summed E-state index contributed by atoms with van der Waals surface area (Å²) in [6.07, 6.45) is 3.01. The summed E-state index contributed by atoms with van der Waals surface area (Å²) in [7, 11) is 0. The minimum absolute atomic E-state index is 0.142. The van der Waals surface area contributed by atoms with Gasteiger partial charge < -0.3 is 15.8 Å². The van der Waals surface area contributed by atoms with Gasteiger partial charge in [-0.05, 0) is 55.2 Å². The predicted molar refractivity (Wildman–Crippen MR) is 93.8 cm³/mol. The molecule has 1 aliphatic rings. The Morgan fingerprint density at radius 3 is 3.00 bits per heavy atom. The van der Waals surface area contributed by atoms with Gasteiger partial charge in [0.1, 0.15) is 15.8 Å². The van der Waals surface area contributed by atoms with E-state index >= 15 is 0 Å². The number of fused-ring (bicyclic) bond motifs is 1. The number of anilines is 2. The van der Waals surface area contributed by atoms with Gasteiger partial charge in [0.05, 0.1) is 11.2 Å². The molecule has 2 unspecified atom stereocenters. The fourth-order valence-corrected chi connectivity index (χ4v) is 4.16. The zero-order valence-corrected chi connectivity index (χ0v) is 14.3. The number of aromatic nitrogens is 3. The molecule has 0 radical (unpaired) electrons. The number of thiophene rings is 1. The number of rotatable bonds is 4. The lowest BCUT2D eigenvalue weighted by molar-refractivity contribution is 0.203. The summed E-state index contributed by atoms with van der Waals surface area (Å²) in [4.78, 5) is 9.12. The van der Waals surface area contributed by atoms with Crippen molar-refractivity contribution in [3.8, 4) is 5.88 Å². The summed E-state index contributed by atoms with van der Waals surface area (Å²) in [5.74, 6) is 1.18. The average Bonchev–Trinajstić information content (AvgIpc) is 3.22. The highest BCUT2D eigenvalue weighted by molar-refractivity contribution is 7.17. The zero-order chi connectivity index (χ0) is 15.8.